The molecular weight excluding hydrogens is 292 g/mol. The first-order valence-corrected chi connectivity index (χ1v) is 7.25. The minimum atomic E-state index is 0.778. The highest BCUT2D eigenvalue weighted by Crippen LogP contribution is 2.31. The van der Waals surface area contributed by atoms with Gasteiger partial charge < -0.3 is 15.0 Å². The summed E-state index contributed by atoms with van der Waals surface area (Å²) in [4.78, 5) is 2.31. The van der Waals surface area contributed by atoms with Crippen molar-refractivity contribution in [2.24, 2.45) is 5.92 Å². The molecule has 1 heterocycles. The molecule has 0 amide bonds. The molecule has 18 heavy (non-hydrogen) atoms. The van der Waals surface area contributed by atoms with Gasteiger partial charge in [-0.2, -0.15) is 0 Å². The molecule has 0 unspecified atom stereocenters. The van der Waals surface area contributed by atoms with E-state index < -0.39 is 0 Å². The zero-order valence-electron chi connectivity index (χ0n) is 11.1. The van der Waals surface area contributed by atoms with Gasteiger partial charge in [-0.3, -0.25) is 0 Å². The summed E-state index contributed by atoms with van der Waals surface area (Å²) in [5, 5.41) is 3.41. The number of anilines is 1. The highest BCUT2D eigenvalue weighted by atomic mass is 79.9. The van der Waals surface area contributed by atoms with Crippen LogP contribution in [-0.2, 0) is 0 Å². The SMILES string of the molecule is COc1ccc(Br)cc1N(C)CC1CCNCC1. The molecule has 1 aliphatic heterocycles. The first-order chi connectivity index (χ1) is 8.70. The molecule has 0 aliphatic carbocycles. The Hall–Kier alpha value is -0.740. The van der Waals surface area contributed by atoms with Crippen molar-refractivity contribution < 1.29 is 4.74 Å². The Labute approximate surface area is 118 Å². The van der Waals surface area contributed by atoms with Gasteiger partial charge in [-0.25, -0.2) is 0 Å². The molecular formula is C14H21BrN2O. The van der Waals surface area contributed by atoms with E-state index in [1.54, 1.807) is 7.11 Å². The van der Waals surface area contributed by atoms with Crippen LogP contribution in [0.4, 0.5) is 5.69 Å². The number of piperidine rings is 1. The first kappa shape index (κ1) is 13.7. The van der Waals surface area contributed by atoms with Crippen molar-refractivity contribution in [3.05, 3.63) is 22.7 Å². The quantitative estimate of drug-likeness (QED) is 0.925. The zero-order valence-corrected chi connectivity index (χ0v) is 12.7. The number of ether oxygens (including phenoxy) is 1. The van der Waals surface area contributed by atoms with E-state index >= 15 is 0 Å². The van der Waals surface area contributed by atoms with Gasteiger partial charge in [-0.15, -0.1) is 0 Å². The van der Waals surface area contributed by atoms with E-state index in [0.717, 1.165) is 41.5 Å². The highest BCUT2D eigenvalue weighted by molar-refractivity contribution is 9.10. The van der Waals surface area contributed by atoms with Gasteiger partial charge in [0.2, 0.25) is 0 Å². The average molecular weight is 313 g/mol. The minimum absolute atomic E-state index is 0.778. The van der Waals surface area contributed by atoms with Crippen LogP contribution < -0.4 is 15.0 Å². The van der Waals surface area contributed by atoms with Gasteiger partial charge in [0.05, 0.1) is 12.8 Å². The van der Waals surface area contributed by atoms with Crippen LogP contribution in [0.3, 0.4) is 0 Å². The third-order valence-corrected chi connectivity index (χ3v) is 4.04. The van der Waals surface area contributed by atoms with E-state index in [-0.39, 0.29) is 0 Å². The second-order valence-electron chi connectivity index (χ2n) is 4.89. The lowest BCUT2D eigenvalue weighted by Gasteiger charge is -2.29. The maximum Gasteiger partial charge on any atom is 0.142 e. The third-order valence-electron chi connectivity index (χ3n) is 3.54. The Kier molecular flexibility index (Phi) is 4.89. The molecule has 100 valence electrons. The molecule has 0 aromatic heterocycles. The standard InChI is InChI=1S/C14H21BrN2O/c1-17(10-11-5-7-16-8-6-11)13-9-12(15)3-4-14(13)18-2/h3-4,9,11,16H,5-8,10H2,1-2H3. The van der Waals surface area contributed by atoms with Crippen LogP contribution in [0.5, 0.6) is 5.75 Å². The average Bonchev–Trinajstić information content (AvgIpc) is 2.40. The third kappa shape index (κ3) is 3.39. The van der Waals surface area contributed by atoms with Crippen molar-refractivity contribution in [3.63, 3.8) is 0 Å². The largest absolute Gasteiger partial charge is 0.495 e. The Balaban J connectivity index is 2.07. The normalized spacial score (nSPS) is 16.6. The molecule has 0 saturated carbocycles. The second-order valence-corrected chi connectivity index (χ2v) is 5.81. The lowest BCUT2D eigenvalue weighted by molar-refractivity contribution is 0.375. The molecule has 0 radical (unpaired) electrons. The molecule has 3 nitrogen and oxygen atoms in total. The molecule has 0 bridgehead atoms. The summed E-state index contributed by atoms with van der Waals surface area (Å²) >= 11 is 3.53. The number of nitrogens with zero attached hydrogens (tertiary/aromatic N) is 1. The van der Waals surface area contributed by atoms with Gasteiger partial charge in [-0.05, 0) is 50.0 Å². The summed E-state index contributed by atoms with van der Waals surface area (Å²) in [5.41, 5.74) is 1.16. The summed E-state index contributed by atoms with van der Waals surface area (Å²) in [6, 6.07) is 6.15. The molecule has 1 fully saturated rings. The van der Waals surface area contributed by atoms with E-state index in [4.69, 9.17) is 4.74 Å². The van der Waals surface area contributed by atoms with Gasteiger partial charge in [0.25, 0.3) is 0 Å². The van der Waals surface area contributed by atoms with Crippen molar-refractivity contribution in [1.82, 2.24) is 5.32 Å². The molecule has 2 rings (SSSR count). The van der Waals surface area contributed by atoms with E-state index in [0.29, 0.717) is 0 Å². The Bertz CT molecular complexity index is 391. The zero-order chi connectivity index (χ0) is 13.0. The number of hydrogen-bond acceptors (Lipinski definition) is 3. The Morgan fingerprint density at radius 2 is 2.11 bits per heavy atom. The monoisotopic (exact) mass is 312 g/mol. The summed E-state index contributed by atoms with van der Waals surface area (Å²) in [6.07, 6.45) is 2.53. The van der Waals surface area contributed by atoms with Crippen LogP contribution in [0.2, 0.25) is 0 Å². The van der Waals surface area contributed by atoms with Gasteiger partial charge in [0, 0.05) is 18.1 Å². The molecule has 0 spiro atoms. The number of halogens is 1. The van der Waals surface area contributed by atoms with E-state index in [2.05, 4.69) is 39.3 Å². The molecule has 1 aliphatic rings. The Morgan fingerprint density at radius 3 is 2.78 bits per heavy atom. The predicted molar refractivity (Wildman–Crippen MR) is 79.6 cm³/mol. The van der Waals surface area contributed by atoms with Gasteiger partial charge in [0.1, 0.15) is 5.75 Å². The van der Waals surface area contributed by atoms with Crippen LogP contribution in [0.25, 0.3) is 0 Å². The maximum atomic E-state index is 5.44. The number of nitrogens with one attached hydrogen (secondary N) is 1. The van der Waals surface area contributed by atoms with Crippen LogP contribution in [0, 0.1) is 5.92 Å². The van der Waals surface area contributed by atoms with Crippen molar-refractivity contribution in [3.8, 4) is 5.75 Å². The van der Waals surface area contributed by atoms with Gasteiger partial charge >= 0.3 is 0 Å². The topological polar surface area (TPSA) is 24.5 Å². The fourth-order valence-corrected chi connectivity index (χ4v) is 2.86. The summed E-state index contributed by atoms with van der Waals surface area (Å²) in [6.45, 7) is 3.39. The van der Waals surface area contributed by atoms with Crippen LogP contribution in [0.15, 0.2) is 22.7 Å². The molecule has 1 aromatic rings. The van der Waals surface area contributed by atoms with E-state index in [9.17, 15) is 0 Å². The van der Waals surface area contributed by atoms with E-state index in [1.165, 1.54) is 12.8 Å². The van der Waals surface area contributed by atoms with Crippen LogP contribution >= 0.6 is 15.9 Å². The van der Waals surface area contributed by atoms with Crippen molar-refractivity contribution in [2.45, 2.75) is 12.8 Å². The molecule has 1 saturated heterocycles. The van der Waals surface area contributed by atoms with Crippen LogP contribution in [-0.4, -0.2) is 33.8 Å². The van der Waals surface area contributed by atoms with Crippen molar-refractivity contribution in [1.29, 1.82) is 0 Å². The maximum absolute atomic E-state index is 5.44. The lowest BCUT2D eigenvalue weighted by atomic mass is 9.97. The number of benzene rings is 1. The number of methoxy groups -OCH3 is 1. The van der Waals surface area contributed by atoms with Gasteiger partial charge in [0.15, 0.2) is 0 Å². The van der Waals surface area contributed by atoms with Crippen LogP contribution in [0.1, 0.15) is 12.8 Å². The van der Waals surface area contributed by atoms with Crippen molar-refractivity contribution in [2.75, 3.05) is 38.7 Å². The van der Waals surface area contributed by atoms with Gasteiger partial charge in [-0.1, -0.05) is 15.9 Å². The fourth-order valence-electron chi connectivity index (χ4n) is 2.51. The second kappa shape index (κ2) is 6.43. The summed E-state index contributed by atoms with van der Waals surface area (Å²) in [7, 11) is 3.87. The fraction of sp³-hybridized carbons (Fsp3) is 0.571. The molecule has 4 heteroatoms. The first-order valence-electron chi connectivity index (χ1n) is 6.46. The molecule has 1 N–H and O–H groups in total. The number of rotatable bonds is 4. The summed E-state index contributed by atoms with van der Waals surface area (Å²) < 4.78 is 6.53. The minimum Gasteiger partial charge on any atom is -0.495 e. The highest BCUT2D eigenvalue weighted by Gasteiger charge is 2.17. The van der Waals surface area contributed by atoms with E-state index in [1.807, 2.05) is 12.1 Å². The lowest BCUT2D eigenvalue weighted by Crippen LogP contribution is -2.34. The molecule has 0 atom stereocenters. The summed E-state index contributed by atoms with van der Waals surface area (Å²) in [5.74, 6) is 1.72. The Morgan fingerprint density at radius 1 is 1.39 bits per heavy atom. The smallest absolute Gasteiger partial charge is 0.142 e. The number of hydrogen-bond donors (Lipinski definition) is 1. The predicted octanol–water partition coefficient (Wildman–Crippen LogP) is 2.89. The molecule has 1 aromatic carbocycles. The van der Waals surface area contributed by atoms with Crippen molar-refractivity contribution >= 4 is 21.6 Å².